The summed E-state index contributed by atoms with van der Waals surface area (Å²) < 4.78 is 8.74. The summed E-state index contributed by atoms with van der Waals surface area (Å²) in [4.78, 5) is 14.3. The summed E-state index contributed by atoms with van der Waals surface area (Å²) in [5.41, 5.74) is 0. The van der Waals surface area contributed by atoms with E-state index in [1.807, 2.05) is 0 Å². The molecule has 0 saturated heterocycles. The Morgan fingerprint density at radius 1 is 1.29 bits per heavy atom. The summed E-state index contributed by atoms with van der Waals surface area (Å²) in [6, 6.07) is 0. The summed E-state index contributed by atoms with van der Waals surface area (Å²) in [5, 5.41) is 0. The van der Waals surface area contributed by atoms with Gasteiger partial charge >= 0.3 is 38.7 Å². The van der Waals surface area contributed by atoms with E-state index in [0.29, 0.717) is 0 Å². The molecule has 2 N–H and O–H groups in total. The molecule has 3 nitrogen and oxygen atoms in total. The van der Waals surface area contributed by atoms with Gasteiger partial charge in [0.15, 0.2) is 17.4 Å². The maximum absolute atomic E-state index is 8.74. The maximum atomic E-state index is 8.74. The van der Waals surface area contributed by atoms with Gasteiger partial charge in [0.25, 0.3) is 0 Å². The average molecular weight is 240 g/mol. The third-order valence-electron chi connectivity index (χ3n) is 0. The molecule has 1 radical (unpaired) electrons. The van der Waals surface area contributed by atoms with Crippen LogP contribution in [0.15, 0.2) is 0 Å². The SMILES string of the molecule is O=[Si](O)O.[Ag].[AlH3].[NaH]. The molecule has 0 amide bonds. The molecule has 0 bridgehead atoms. The van der Waals surface area contributed by atoms with Crippen LogP contribution in [-0.2, 0) is 26.8 Å². The molecule has 0 aliphatic rings. The summed E-state index contributed by atoms with van der Waals surface area (Å²) in [7, 11) is -3.13. The normalized spacial score (nSPS) is 3.43. The second-order valence-corrected chi connectivity index (χ2v) is 0.848. The van der Waals surface area contributed by atoms with Crippen molar-refractivity contribution in [3.05, 3.63) is 0 Å². The first-order valence-electron chi connectivity index (χ1n) is 0.651. The van der Waals surface area contributed by atoms with Crippen molar-refractivity contribution < 1.29 is 36.4 Å². The number of hydrogen-bond donors (Lipinski definition) is 2. The molecule has 0 aromatic heterocycles. The molecule has 0 atom stereocenters. The van der Waals surface area contributed by atoms with E-state index in [1.165, 1.54) is 0 Å². The van der Waals surface area contributed by atoms with E-state index < -0.39 is 9.17 Å². The molecule has 0 aromatic rings. The molecule has 0 rings (SSSR count). The Hall–Kier alpha value is 1.89. The molecule has 0 spiro atoms. The molecule has 7 heteroatoms. The van der Waals surface area contributed by atoms with Crippen LogP contribution < -0.4 is 0 Å². The van der Waals surface area contributed by atoms with Gasteiger partial charge in [-0.1, -0.05) is 0 Å². The first-order valence-corrected chi connectivity index (χ1v) is 1.95. The van der Waals surface area contributed by atoms with Crippen LogP contribution in [0.25, 0.3) is 0 Å². The van der Waals surface area contributed by atoms with Crippen LogP contribution in [0.5, 0.6) is 0 Å². The van der Waals surface area contributed by atoms with Gasteiger partial charge in [-0.05, 0) is 0 Å². The van der Waals surface area contributed by atoms with Crippen LogP contribution in [0.3, 0.4) is 0 Å². The predicted molar refractivity (Wildman–Crippen MR) is 28.0 cm³/mol. The van der Waals surface area contributed by atoms with Gasteiger partial charge in [-0.15, -0.1) is 0 Å². The van der Waals surface area contributed by atoms with Crippen LogP contribution in [0.4, 0.5) is 0 Å². The zero-order valence-corrected chi connectivity index (χ0v) is 4.59. The minimum atomic E-state index is -3.13. The van der Waals surface area contributed by atoms with Crippen molar-refractivity contribution in [3.8, 4) is 0 Å². The molecule has 0 fully saturated rings. The van der Waals surface area contributed by atoms with Crippen molar-refractivity contribution in [2.45, 2.75) is 0 Å². The molecule has 43 valence electrons. The van der Waals surface area contributed by atoms with E-state index in [-0.39, 0.29) is 69.3 Å². The molecule has 0 heterocycles. The Kier molecular flexibility index (Phi) is 51.8. The van der Waals surface area contributed by atoms with E-state index in [1.54, 1.807) is 0 Å². The quantitative estimate of drug-likeness (QED) is 0.433. The summed E-state index contributed by atoms with van der Waals surface area (Å²) in [6.07, 6.45) is 0. The Labute approximate surface area is 91.3 Å². The van der Waals surface area contributed by atoms with Crippen LogP contribution in [0.2, 0.25) is 0 Å². The van der Waals surface area contributed by atoms with Crippen molar-refractivity contribution in [2.75, 3.05) is 0 Å². The number of hydrogen-bond acceptors (Lipinski definition) is 1. The Bertz CT molecular complexity index is 37.9. The molecule has 0 aliphatic heterocycles. The van der Waals surface area contributed by atoms with Crippen LogP contribution in [0.1, 0.15) is 0 Å². The summed E-state index contributed by atoms with van der Waals surface area (Å²) >= 11 is 0. The van der Waals surface area contributed by atoms with Gasteiger partial charge in [-0.3, -0.25) is 4.46 Å². The number of rotatable bonds is 0. The van der Waals surface area contributed by atoms with Crippen molar-refractivity contribution in [1.29, 1.82) is 0 Å². The van der Waals surface area contributed by atoms with Crippen LogP contribution in [-0.4, -0.2) is 65.7 Å². The van der Waals surface area contributed by atoms with Crippen molar-refractivity contribution >= 4 is 56.1 Å². The van der Waals surface area contributed by atoms with Gasteiger partial charge in [-0.25, -0.2) is 0 Å². The summed E-state index contributed by atoms with van der Waals surface area (Å²) in [5.74, 6) is 0. The first-order chi connectivity index (χ1) is 1.73. The topological polar surface area (TPSA) is 57.5 Å². The summed E-state index contributed by atoms with van der Waals surface area (Å²) in [6.45, 7) is 0. The van der Waals surface area contributed by atoms with E-state index >= 15 is 0 Å². The van der Waals surface area contributed by atoms with Gasteiger partial charge in [0.05, 0.1) is 0 Å². The molecule has 0 aromatic carbocycles. The molecule has 0 saturated carbocycles. The Balaban J connectivity index is -0.0000000150. The average Bonchev–Trinajstić information content (AvgIpc) is 0.811. The van der Waals surface area contributed by atoms with E-state index in [2.05, 4.69) is 0 Å². The van der Waals surface area contributed by atoms with Crippen LogP contribution >= 0.6 is 0 Å². The molecular formula is H6AgAlNaO3Si. The van der Waals surface area contributed by atoms with Gasteiger partial charge in [-0.2, -0.15) is 0 Å². The molecule has 0 aliphatic carbocycles. The van der Waals surface area contributed by atoms with E-state index in [4.69, 9.17) is 14.1 Å². The van der Waals surface area contributed by atoms with Gasteiger partial charge in [0, 0.05) is 22.4 Å². The molecular weight excluding hydrogens is 234 g/mol. The second-order valence-electron chi connectivity index (χ2n) is 0.283. The van der Waals surface area contributed by atoms with Crippen molar-refractivity contribution in [3.63, 3.8) is 0 Å². The third-order valence-corrected chi connectivity index (χ3v) is 0. The van der Waals surface area contributed by atoms with Gasteiger partial charge in [0.2, 0.25) is 0 Å². The molecule has 0 unspecified atom stereocenters. The fourth-order valence-electron chi connectivity index (χ4n) is 0. The fourth-order valence-corrected chi connectivity index (χ4v) is 0. The van der Waals surface area contributed by atoms with Gasteiger partial charge in [0.1, 0.15) is 0 Å². The van der Waals surface area contributed by atoms with E-state index in [9.17, 15) is 0 Å². The van der Waals surface area contributed by atoms with Crippen molar-refractivity contribution in [1.82, 2.24) is 0 Å². The Morgan fingerprint density at radius 3 is 1.29 bits per heavy atom. The first kappa shape index (κ1) is 23.1. The van der Waals surface area contributed by atoms with E-state index in [0.717, 1.165) is 0 Å². The third kappa shape index (κ3) is 76.6. The zero-order chi connectivity index (χ0) is 3.58. The minimum absolute atomic E-state index is 0. The van der Waals surface area contributed by atoms with Crippen LogP contribution in [0, 0.1) is 0 Å². The fraction of sp³-hybridized carbons (Fsp3) is 0. The monoisotopic (exact) mass is 239 g/mol. The van der Waals surface area contributed by atoms with Gasteiger partial charge < -0.3 is 9.59 Å². The standard InChI is InChI=1S/Ag.Al.Na.H2O3Si.4H/c;;;1-4(2)3;;;;/h;;;1-2H;;;;. The second kappa shape index (κ2) is 15.7. The Morgan fingerprint density at radius 2 is 1.29 bits per heavy atom. The predicted octanol–water partition coefficient (Wildman–Crippen LogP) is -3.45. The van der Waals surface area contributed by atoms with Crippen molar-refractivity contribution in [2.24, 2.45) is 0 Å². The molecule has 7 heavy (non-hydrogen) atoms. The zero-order valence-electron chi connectivity index (χ0n) is 2.10.